The Labute approximate surface area is 132 Å². The third-order valence-corrected chi connectivity index (χ3v) is 5.55. The van der Waals surface area contributed by atoms with Crippen molar-refractivity contribution in [3.63, 3.8) is 0 Å². The number of hydrogen-bond donors (Lipinski definition) is 1. The van der Waals surface area contributed by atoms with Gasteiger partial charge in [0, 0.05) is 7.05 Å². The second-order valence-electron chi connectivity index (χ2n) is 5.93. The fourth-order valence-electron chi connectivity index (χ4n) is 3.32. The second-order valence-corrected chi connectivity index (χ2v) is 6.73. The van der Waals surface area contributed by atoms with Crippen LogP contribution in [-0.2, 0) is 18.4 Å². The zero-order valence-corrected chi connectivity index (χ0v) is 13.9. The van der Waals surface area contributed by atoms with E-state index in [1.807, 2.05) is 14.0 Å². The van der Waals surface area contributed by atoms with Gasteiger partial charge in [0.2, 0.25) is 0 Å². The quantitative estimate of drug-likeness (QED) is 0.828. The minimum Gasteiger partial charge on any atom is -0.323 e. The van der Waals surface area contributed by atoms with Gasteiger partial charge in [0.1, 0.15) is 5.54 Å². The van der Waals surface area contributed by atoms with Crippen LogP contribution in [0.15, 0.2) is 4.47 Å². The summed E-state index contributed by atoms with van der Waals surface area (Å²) in [7, 11) is 1.82. The number of rotatable bonds is 2. The Balaban J connectivity index is 1.86. The highest BCUT2D eigenvalue weighted by molar-refractivity contribution is 9.10. The van der Waals surface area contributed by atoms with Gasteiger partial charge < -0.3 is 5.32 Å². The Bertz CT molecular complexity index is 604. The van der Waals surface area contributed by atoms with Crippen LogP contribution in [0.25, 0.3) is 0 Å². The third-order valence-electron chi connectivity index (χ3n) is 4.52. The van der Waals surface area contributed by atoms with Crippen molar-refractivity contribution in [1.82, 2.24) is 20.0 Å². The van der Waals surface area contributed by atoms with E-state index in [0.29, 0.717) is 0 Å². The Hall–Kier alpha value is -1.37. The molecule has 21 heavy (non-hydrogen) atoms. The zero-order valence-electron chi connectivity index (χ0n) is 12.3. The number of aryl methyl sites for hydroxylation is 2. The lowest BCUT2D eigenvalue weighted by molar-refractivity contribution is -0.132. The number of urea groups is 1. The van der Waals surface area contributed by atoms with Crippen molar-refractivity contribution in [2.45, 2.75) is 51.1 Å². The van der Waals surface area contributed by atoms with Gasteiger partial charge in [-0.2, -0.15) is 5.10 Å². The summed E-state index contributed by atoms with van der Waals surface area (Å²) in [4.78, 5) is 26.3. The maximum atomic E-state index is 12.7. The Morgan fingerprint density at radius 1 is 1.29 bits per heavy atom. The molecule has 3 rings (SSSR count). The number of halogens is 1. The van der Waals surface area contributed by atoms with Crippen molar-refractivity contribution < 1.29 is 9.59 Å². The van der Waals surface area contributed by atoms with Crippen LogP contribution in [0.3, 0.4) is 0 Å². The van der Waals surface area contributed by atoms with Crippen LogP contribution in [0.2, 0.25) is 0 Å². The predicted molar refractivity (Wildman–Crippen MR) is 80.5 cm³/mol. The van der Waals surface area contributed by atoms with E-state index in [-0.39, 0.29) is 18.5 Å². The summed E-state index contributed by atoms with van der Waals surface area (Å²) >= 11 is 3.48. The molecule has 1 aromatic heterocycles. The van der Waals surface area contributed by atoms with Gasteiger partial charge in [-0.15, -0.1) is 0 Å². The summed E-state index contributed by atoms with van der Waals surface area (Å²) in [6, 6.07) is -0.285. The van der Waals surface area contributed by atoms with Crippen molar-refractivity contribution in [2.75, 3.05) is 0 Å². The van der Waals surface area contributed by atoms with E-state index in [1.54, 1.807) is 4.68 Å². The standard InChI is InChI=1S/C14H19BrN4O2/c1-9-11(15)10(18(2)17-9)8-19-12(20)14(16-13(19)21)6-4-3-5-7-14/h3-8H2,1-2H3,(H,16,21). The first-order valence-corrected chi connectivity index (χ1v) is 8.06. The molecule has 6 nitrogen and oxygen atoms in total. The summed E-state index contributed by atoms with van der Waals surface area (Å²) in [6.07, 6.45) is 4.62. The van der Waals surface area contributed by atoms with Crippen molar-refractivity contribution in [1.29, 1.82) is 0 Å². The van der Waals surface area contributed by atoms with Crippen molar-refractivity contribution >= 4 is 27.9 Å². The highest BCUT2D eigenvalue weighted by Gasteiger charge is 2.51. The summed E-state index contributed by atoms with van der Waals surface area (Å²) in [5.74, 6) is -0.0852. The molecule has 7 heteroatoms. The number of aromatic nitrogens is 2. The smallest absolute Gasteiger partial charge is 0.323 e. The van der Waals surface area contributed by atoms with Gasteiger partial charge in [0.25, 0.3) is 5.91 Å². The fraction of sp³-hybridized carbons (Fsp3) is 0.643. The molecule has 1 aromatic rings. The van der Waals surface area contributed by atoms with Gasteiger partial charge in [-0.1, -0.05) is 19.3 Å². The first-order chi connectivity index (χ1) is 9.94. The molecule has 0 bridgehead atoms. The minimum atomic E-state index is -0.657. The molecule has 1 saturated carbocycles. The van der Waals surface area contributed by atoms with Gasteiger partial charge in [-0.05, 0) is 35.7 Å². The predicted octanol–water partition coefficient (Wildman–Crippen LogP) is 2.25. The van der Waals surface area contributed by atoms with E-state index >= 15 is 0 Å². The van der Waals surface area contributed by atoms with Crippen LogP contribution in [0.1, 0.15) is 43.5 Å². The third kappa shape index (κ3) is 2.27. The summed E-state index contributed by atoms with van der Waals surface area (Å²) in [6.45, 7) is 2.15. The molecule has 2 heterocycles. The number of carbonyl (C=O) groups excluding carboxylic acids is 2. The van der Waals surface area contributed by atoms with Crippen LogP contribution in [0.5, 0.6) is 0 Å². The fourth-order valence-corrected chi connectivity index (χ4v) is 3.78. The number of carbonyl (C=O) groups is 2. The van der Waals surface area contributed by atoms with E-state index in [0.717, 1.165) is 48.0 Å². The molecule has 2 aliphatic rings. The summed E-state index contributed by atoms with van der Waals surface area (Å²) < 4.78 is 2.57. The van der Waals surface area contributed by atoms with Gasteiger partial charge in [-0.25, -0.2) is 4.79 Å². The first-order valence-electron chi connectivity index (χ1n) is 7.27. The number of imide groups is 1. The SMILES string of the molecule is Cc1nn(C)c(CN2C(=O)NC3(CCCCC3)C2=O)c1Br. The Morgan fingerprint density at radius 3 is 2.52 bits per heavy atom. The molecule has 0 unspecified atom stereocenters. The van der Waals surface area contributed by atoms with Crippen molar-refractivity contribution in [3.8, 4) is 0 Å². The maximum absolute atomic E-state index is 12.7. The van der Waals surface area contributed by atoms with E-state index in [9.17, 15) is 9.59 Å². The Kier molecular flexibility index (Phi) is 3.55. The number of amides is 3. The monoisotopic (exact) mass is 354 g/mol. The molecular formula is C14H19BrN4O2. The van der Waals surface area contributed by atoms with E-state index in [4.69, 9.17) is 0 Å². The first kappa shape index (κ1) is 14.6. The average Bonchev–Trinajstić information content (AvgIpc) is 2.82. The van der Waals surface area contributed by atoms with E-state index < -0.39 is 5.54 Å². The lowest BCUT2D eigenvalue weighted by Gasteiger charge is -2.30. The molecule has 1 saturated heterocycles. The second kappa shape index (κ2) is 5.12. The number of nitrogens with zero attached hydrogens (tertiary/aromatic N) is 3. The molecule has 1 N–H and O–H groups in total. The van der Waals surface area contributed by atoms with E-state index in [2.05, 4.69) is 26.3 Å². The molecule has 1 aliphatic heterocycles. The molecule has 1 spiro atoms. The van der Waals surface area contributed by atoms with Crippen LogP contribution in [0.4, 0.5) is 4.79 Å². The van der Waals surface area contributed by atoms with Crippen LogP contribution < -0.4 is 5.32 Å². The molecule has 0 atom stereocenters. The van der Waals surface area contributed by atoms with Gasteiger partial charge >= 0.3 is 6.03 Å². The highest BCUT2D eigenvalue weighted by atomic mass is 79.9. The van der Waals surface area contributed by atoms with Crippen LogP contribution in [-0.4, -0.2) is 32.2 Å². The lowest BCUT2D eigenvalue weighted by Crippen LogP contribution is -2.48. The molecule has 2 fully saturated rings. The average molecular weight is 355 g/mol. The largest absolute Gasteiger partial charge is 0.325 e. The zero-order chi connectivity index (χ0) is 15.2. The molecular weight excluding hydrogens is 336 g/mol. The van der Waals surface area contributed by atoms with E-state index in [1.165, 1.54) is 4.90 Å². The molecule has 114 valence electrons. The minimum absolute atomic E-state index is 0.0852. The number of hydrogen-bond acceptors (Lipinski definition) is 3. The van der Waals surface area contributed by atoms with Gasteiger partial charge in [0.05, 0.1) is 22.4 Å². The highest BCUT2D eigenvalue weighted by Crippen LogP contribution is 2.34. The van der Waals surface area contributed by atoms with Crippen molar-refractivity contribution in [2.24, 2.45) is 7.05 Å². The lowest BCUT2D eigenvalue weighted by atomic mass is 9.82. The summed E-state index contributed by atoms with van der Waals surface area (Å²) in [5.41, 5.74) is 1.03. The van der Waals surface area contributed by atoms with Gasteiger partial charge in [0.15, 0.2) is 0 Å². The van der Waals surface area contributed by atoms with Gasteiger partial charge in [-0.3, -0.25) is 14.4 Å². The molecule has 3 amide bonds. The Morgan fingerprint density at radius 2 is 1.95 bits per heavy atom. The van der Waals surface area contributed by atoms with Crippen molar-refractivity contribution in [3.05, 3.63) is 15.9 Å². The normalized spacial score (nSPS) is 21.2. The van der Waals surface area contributed by atoms with Crippen LogP contribution in [0, 0.1) is 6.92 Å². The molecule has 0 aromatic carbocycles. The molecule has 1 aliphatic carbocycles. The van der Waals surface area contributed by atoms with Crippen LogP contribution >= 0.6 is 15.9 Å². The number of nitrogens with one attached hydrogen (secondary N) is 1. The maximum Gasteiger partial charge on any atom is 0.325 e. The summed E-state index contributed by atoms with van der Waals surface area (Å²) in [5, 5.41) is 7.23. The topological polar surface area (TPSA) is 67.2 Å². The molecule has 0 radical (unpaired) electrons.